The Morgan fingerprint density at radius 1 is 1.32 bits per heavy atom. The Morgan fingerprint density at radius 2 is 2.00 bits per heavy atom. The van der Waals surface area contributed by atoms with Crippen LogP contribution in [0.2, 0.25) is 0 Å². The third kappa shape index (κ3) is 2.16. The minimum Gasteiger partial charge on any atom is -0.508 e. The van der Waals surface area contributed by atoms with E-state index in [1.54, 1.807) is 6.07 Å². The quantitative estimate of drug-likeness (QED) is 0.811. The highest BCUT2D eigenvalue weighted by Crippen LogP contribution is 2.39. The summed E-state index contributed by atoms with van der Waals surface area (Å²) in [6.07, 6.45) is 5.74. The monoisotopic (exact) mass is 302 g/mol. The van der Waals surface area contributed by atoms with Crippen molar-refractivity contribution in [2.45, 2.75) is 51.6 Å². The number of hydrogen-bond donors (Lipinski definition) is 3. The molecule has 0 amide bonds. The number of benzene rings is 1. The van der Waals surface area contributed by atoms with E-state index in [2.05, 4.69) is 4.57 Å². The van der Waals surface area contributed by atoms with E-state index in [4.69, 9.17) is 5.73 Å². The van der Waals surface area contributed by atoms with E-state index < -0.39 is 5.97 Å². The first kappa shape index (κ1) is 14.9. The molecule has 0 atom stereocenters. The summed E-state index contributed by atoms with van der Waals surface area (Å²) in [4.78, 5) is 11.8. The van der Waals surface area contributed by atoms with Crippen LogP contribution in [0, 0.1) is 6.92 Å². The molecule has 0 unspecified atom stereocenters. The Labute approximate surface area is 129 Å². The summed E-state index contributed by atoms with van der Waals surface area (Å²) in [5, 5.41) is 20.3. The average Bonchev–Trinajstić information content (AvgIpc) is 2.80. The highest BCUT2D eigenvalue weighted by atomic mass is 16.4. The van der Waals surface area contributed by atoms with Crippen molar-refractivity contribution in [2.24, 2.45) is 5.73 Å². The molecular weight excluding hydrogens is 280 g/mol. The first-order valence-electron chi connectivity index (χ1n) is 7.85. The second kappa shape index (κ2) is 5.65. The number of carbonyl (C=O) groups is 1. The van der Waals surface area contributed by atoms with Gasteiger partial charge in [0.1, 0.15) is 5.75 Å². The Morgan fingerprint density at radius 3 is 2.59 bits per heavy atom. The van der Waals surface area contributed by atoms with Crippen LogP contribution < -0.4 is 5.73 Å². The van der Waals surface area contributed by atoms with Crippen molar-refractivity contribution >= 4 is 16.9 Å². The average molecular weight is 302 g/mol. The first-order chi connectivity index (χ1) is 10.6. The van der Waals surface area contributed by atoms with Crippen molar-refractivity contribution in [2.75, 3.05) is 0 Å². The van der Waals surface area contributed by atoms with Gasteiger partial charge in [0.2, 0.25) is 0 Å². The molecule has 1 saturated carbocycles. The number of aromatic nitrogens is 1. The highest BCUT2D eigenvalue weighted by Gasteiger charge is 2.27. The molecule has 1 fully saturated rings. The number of carboxylic acids is 1. The molecule has 2 aromatic rings. The fourth-order valence-electron chi connectivity index (χ4n) is 3.86. The zero-order valence-electron chi connectivity index (χ0n) is 12.8. The van der Waals surface area contributed by atoms with E-state index in [9.17, 15) is 15.0 Å². The lowest BCUT2D eigenvalue weighted by Crippen LogP contribution is -2.14. The number of fused-ring (bicyclic) bond motifs is 1. The Kier molecular flexibility index (Phi) is 3.83. The van der Waals surface area contributed by atoms with E-state index in [1.165, 1.54) is 19.3 Å². The Bertz CT molecular complexity index is 727. The Balaban J connectivity index is 2.33. The summed E-state index contributed by atoms with van der Waals surface area (Å²) in [6.45, 7) is 1.98. The van der Waals surface area contributed by atoms with Crippen molar-refractivity contribution < 1.29 is 15.0 Å². The lowest BCUT2D eigenvalue weighted by atomic mass is 9.95. The van der Waals surface area contributed by atoms with Crippen molar-refractivity contribution in [1.29, 1.82) is 0 Å². The summed E-state index contributed by atoms with van der Waals surface area (Å²) >= 11 is 0. The van der Waals surface area contributed by atoms with Gasteiger partial charge >= 0.3 is 5.97 Å². The summed E-state index contributed by atoms with van der Waals surface area (Å²) in [7, 11) is 0. The SMILES string of the molecule is Cc1c(C(=O)O)c2c(CN)c(O)ccc2n1C1CCCCC1. The van der Waals surface area contributed by atoms with Gasteiger partial charge < -0.3 is 20.5 Å². The van der Waals surface area contributed by atoms with Crippen LogP contribution in [0.4, 0.5) is 0 Å². The normalized spacial score (nSPS) is 16.3. The molecule has 0 saturated heterocycles. The van der Waals surface area contributed by atoms with E-state index >= 15 is 0 Å². The smallest absolute Gasteiger partial charge is 0.338 e. The number of nitrogens with two attached hydrogens (primary N) is 1. The van der Waals surface area contributed by atoms with Crippen LogP contribution in [0.5, 0.6) is 5.75 Å². The summed E-state index contributed by atoms with van der Waals surface area (Å²) in [6, 6.07) is 3.77. The lowest BCUT2D eigenvalue weighted by molar-refractivity contribution is 0.0697. The van der Waals surface area contributed by atoms with Crippen LogP contribution in [0.1, 0.15) is 59.8 Å². The van der Waals surface area contributed by atoms with Gasteiger partial charge in [0.25, 0.3) is 0 Å². The van der Waals surface area contributed by atoms with E-state index in [0.29, 0.717) is 17.0 Å². The molecule has 1 aliphatic carbocycles. The molecule has 1 aromatic carbocycles. The highest BCUT2D eigenvalue weighted by molar-refractivity contribution is 6.07. The van der Waals surface area contributed by atoms with Crippen molar-refractivity contribution in [3.05, 3.63) is 29.0 Å². The van der Waals surface area contributed by atoms with Gasteiger partial charge in [-0.05, 0) is 31.9 Å². The van der Waals surface area contributed by atoms with Crippen LogP contribution in [0.25, 0.3) is 10.9 Å². The molecule has 22 heavy (non-hydrogen) atoms. The number of aromatic carboxylic acids is 1. The molecule has 0 radical (unpaired) electrons. The van der Waals surface area contributed by atoms with Crippen LogP contribution in [-0.2, 0) is 6.54 Å². The van der Waals surface area contributed by atoms with Gasteiger partial charge in [-0.1, -0.05) is 19.3 Å². The van der Waals surface area contributed by atoms with Crippen LogP contribution >= 0.6 is 0 Å². The number of nitrogens with zero attached hydrogens (tertiary/aromatic N) is 1. The van der Waals surface area contributed by atoms with Gasteiger partial charge in [-0.15, -0.1) is 0 Å². The minimum absolute atomic E-state index is 0.0679. The zero-order chi connectivity index (χ0) is 15.9. The molecule has 0 aliphatic heterocycles. The molecule has 118 valence electrons. The third-order valence-corrected chi connectivity index (χ3v) is 4.86. The number of hydrogen-bond acceptors (Lipinski definition) is 3. The Hall–Kier alpha value is -2.01. The third-order valence-electron chi connectivity index (χ3n) is 4.86. The van der Waals surface area contributed by atoms with E-state index in [0.717, 1.165) is 24.1 Å². The maximum Gasteiger partial charge on any atom is 0.338 e. The van der Waals surface area contributed by atoms with Gasteiger partial charge in [-0.2, -0.15) is 0 Å². The van der Waals surface area contributed by atoms with E-state index in [-0.39, 0.29) is 17.9 Å². The second-order valence-electron chi connectivity index (χ2n) is 6.09. The molecular formula is C17H22N2O3. The number of rotatable bonds is 3. The number of carboxylic acid groups (broad SMARTS) is 1. The number of phenolic OH excluding ortho intramolecular Hbond substituents is 1. The number of aromatic hydroxyl groups is 1. The topological polar surface area (TPSA) is 88.5 Å². The molecule has 0 spiro atoms. The van der Waals surface area contributed by atoms with Crippen LogP contribution in [0.15, 0.2) is 12.1 Å². The van der Waals surface area contributed by atoms with Gasteiger partial charge in [-0.25, -0.2) is 4.79 Å². The standard InChI is InChI=1S/C17H22N2O3/c1-10-15(17(21)22)16-12(9-18)14(20)8-7-13(16)19(10)11-5-3-2-4-6-11/h7-8,11,20H,2-6,9,18H2,1H3,(H,21,22). The maximum atomic E-state index is 11.8. The lowest BCUT2D eigenvalue weighted by Gasteiger charge is -2.26. The molecule has 4 N–H and O–H groups in total. The molecule has 5 heteroatoms. The fourth-order valence-corrected chi connectivity index (χ4v) is 3.86. The molecule has 1 heterocycles. The maximum absolute atomic E-state index is 11.8. The number of phenols is 1. The van der Waals surface area contributed by atoms with Crippen LogP contribution in [-0.4, -0.2) is 20.7 Å². The largest absolute Gasteiger partial charge is 0.508 e. The fraction of sp³-hybridized carbons (Fsp3) is 0.471. The van der Waals surface area contributed by atoms with Crippen molar-refractivity contribution in [3.63, 3.8) is 0 Å². The predicted molar refractivity (Wildman–Crippen MR) is 85.3 cm³/mol. The molecule has 1 aromatic heterocycles. The minimum atomic E-state index is -0.961. The van der Waals surface area contributed by atoms with Crippen molar-refractivity contribution in [1.82, 2.24) is 4.57 Å². The van der Waals surface area contributed by atoms with Gasteiger partial charge in [0.05, 0.1) is 5.56 Å². The summed E-state index contributed by atoms with van der Waals surface area (Å²) in [5.41, 5.74) is 8.19. The summed E-state index contributed by atoms with van der Waals surface area (Å²) in [5.74, 6) is -0.893. The van der Waals surface area contributed by atoms with Crippen LogP contribution in [0.3, 0.4) is 0 Å². The second-order valence-corrected chi connectivity index (χ2v) is 6.09. The predicted octanol–water partition coefficient (Wildman–Crippen LogP) is 3.32. The zero-order valence-corrected chi connectivity index (χ0v) is 12.8. The van der Waals surface area contributed by atoms with Gasteiger partial charge in [0, 0.05) is 34.7 Å². The molecule has 5 nitrogen and oxygen atoms in total. The molecule has 0 bridgehead atoms. The first-order valence-corrected chi connectivity index (χ1v) is 7.85. The van der Waals surface area contributed by atoms with Crippen molar-refractivity contribution in [3.8, 4) is 5.75 Å². The molecule has 1 aliphatic rings. The summed E-state index contributed by atoms with van der Waals surface area (Å²) < 4.78 is 2.15. The van der Waals surface area contributed by atoms with Gasteiger partial charge in [0.15, 0.2) is 0 Å². The molecule has 3 rings (SSSR count). The van der Waals surface area contributed by atoms with E-state index in [1.807, 2.05) is 13.0 Å². The van der Waals surface area contributed by atoms with Gasteiger partial charge in [-0.3, -0.25) is 0 Å².